The maximum absolute atomic E-state index is 5.60. The van der Waals surface area contributed by atoms with Crippen LogP contribution < -0.4 is 0 Å². The first-order valence-electron chi connectivity index (χ1n) is 4.02. The first kappa shape index (κ1) is 8.24. The van der Waals surface area contributed by atoms with Crippen LogP contribution in [-0.4, -0.2) is 28.6 Å². The van der Waals surface area contributed by atoms with Crippen molar-refractivity contribution >= 4 is 9.52 Å². The summed E-state index contributed by atoms with van der Waals surface area (Å²) >= 11 is 0. The third kappa shape index (κ3) is 1.59. The lowest BCUT2D eigenvalue weighted by Crippen LogP contribution is -2.42. The first-order chi connectivity index (χ1) is 4.83. The highest BCUT2D eigenvalue weighted by Crippen LogP contribution is 2.23. The normalized spacial score (nSPS) is 35.4. The summed E-state index contributed by atoms with van der Waals surface area (Å²) in [6, 6.07) is 0. The first-order valence-corrected chi connectivity index (χ1v) is 6.14. The van der Waals surface area contributed by atoms with E-state index in [0.29, 0.717) is 0 Å². The van der Waals surface area contributed by atoms with Gasteiger partial charge >= 0.3 is 0 Å². The molecular weight excluding hydrogens is 144 g/mol. The maximum Gasteiger partial charge on any atom is 0.144 e. The summed E-state index contributed by atoms with van der Waals surface area (Å²) in [6.45, 7) is 3.14. The van der Waals surface area contributed by atoms with Gasteiger partial charge in [0.25, 0.3) is 0 Å². The summed E-state index contributed by atoms with van der Waals surface area (Å²) in [6.07, 6.45) is 3.60. The predicted octanol–water partition coefficient (Wildman–Crippen LogP) is 0.704. The molecular formula is C7H16O2Si. The minimum atomic E-state index is -0.183. The smallest absolute Gasteiger partial charge is 0.144 e. The quantitative estimate of drug-likeness (QED) is 0.554. The molecule has 0 aromatic rings. The van der Waals surface area contributed by atoms with E-state index in [1.54, 1.807) is 7.11 Å². The van der Waals surface area contributed by atoms with Crippen molar-refractivity contribution in [2.24, 2.45) is 0 Å². The lowest BCUT2D eigenvalue weighted by Gasteiger charge is -2.35. The summed E-state index contributed by atoms with van der Waals surface area (Å²) in [4.78, 5) is 0. The maximum atomic E-state index is 5.60. The molecule has 1 atom stereocenters. The molecule has 0 spiro atoms. The van der Waals surface area contributed by atoms with Crippen LogP contribution in [0.1, 0.15) is 19.3 Å². The summed E-state index contributed by atoms with van der Waals surface area (Å²) in [5.41, 5.74) is -0.0990. The molecule has 60 valence electrons. The molecule has 1 aliphatic rings. The monoisotopic (exact) mass is 160 g/mol. The summed E-state index contributed by atoms with van der Waals surface area (Å²) in [7, 11) is 1.58. The molecule has 3 heteroatoms. The molecule has 1 heterocycles. The van der Waals surface area contributed by atoms with E-state index in [9.17, 15) is 0 Å². The molecule has 0 radical (unpaired) electrons. The van der Waals surface area contributed by atoms with Gasteiger partial charge in [0.2, 0.25) is 0 Å². The van der Waals surface area contributed by atoms with Crippen LogP contribution in [0.3, 0.4) is 0 Å². The Hall–Kier alpha value is 0.137. The second kappa shape index (κ2) is 3.51. The third-order valence-electron chi connectivity index (χ3n) is 2.23. The van der Waals surface area contributed by atoms with E-state index in [1.165, 1.54) is 12.8 Å². The van der Waals surface area contributed by atoms with Gasteiger partial charge in [0, 0.05) is 13.7 Å². The fourth-order valence-electron chi connectivity index (χ4n) is 1.41. The minimum Gasteiger partial charge on any atom is -0.358 e. The van der Waals surface area contributed by atoms with Crippen molar-refractivity contribution in [1.29, 1.82) is 0 Å². The fourth-order valence-corrected chi connectivity index (χ4v) is 2.65. The third-order valence-corrected chi connectivity index (χ3v) is 4.15. The molecule has 1 rings (SSSR count). The SMILES string of the molecule is COC1([SiH2]C)CCCCO1. The molecule has 0 aromatic carbocycles. The Morgan fingerprint density at radius 2 is 2.30 bits per heavy atom. The average molecular weight is 160 g/mol. The molecule has 1 saturated heterocycles. The Morgan fingerprint density at radius 1 is 1.50 bits per heavy atom. The fraction of sp³-hybridized carbons (Fsp3) is 1.00. The van der Waals surface area contributed by atoms with Crippen molar-refractivity contribution in [1.82, 2.24) is 0 Å². The standard InChI is InChI=1S/C7H16O2Si/c1-8-7(10-2)5-3-4-6-9-7/h3-6,10H2,1-2H3. The second-order valence-corrected chi connectivity index (χ2v) is 4.56. The predicted molar refractivity (Wildman–Crippen MR) is 44.0 cm³/mol. The van der Waals surface area contributed by atoms with E-state index in [2.05, 4.69) is 6.55 Å². The lowest BCUT2D eigenvalue weighted by atomic mass is 10.2. The molecule has 0 saturated carbocycles. The number of ether oxygens (including phenoxy) is 2. The van der Waals surface area contributed by atoms with E-state index in [0.717, 1.165) is 13.0 Å². The van der Waals surface area contributed by atoms with Gasteiger partial charge in [-0.05, 0) is 19.3 Å². The molecule has 0 bridgehead atoms. The molecule has 0 aliphatic carbocycles. The van der Waals surface area contributed by atoms with Crippen molar-refractivity contribution in [2.45, 2.75) is 31.2 Å². The Bertz CT molecular complexity index is 93.8. The van der Waals surface area contributed by atoms with Crippen LogP contribution in [0.5, 0.6) is 0 Å². The van der Waals surface area contributed by atoms with E-state index in [4.69, 9.17) is 9.47 Å². The van der Waals surface area contributed by atoms with Gasteiger partial charge in [-0.2, -0.15) is 0 Å². The number of rotatable bonds is 2. The summed E-state index contributed by atoms with van der Waals surface area (Å²) < 4.78 is 11.0. The van der Waals surface area contributed by atoms with E-state index >= 15 is 0 Å². The van der Waals surface area contributed by atoms with Crippen LogP contribution in [0.25, 0.3) is 0 Å². The highest BCUT2D eigenvalue weighted by Gasteiger charge is 2.30. The average Bonchev–Trinajstić information content (AvgIpc) is 2.06. The number of methoxy groups -OCH3 is 1. The van der Waals surface area contributed by atoms with Gasteiger partial charge in [0.05, 0.1) is 9.52 Å². The van der Waals surface area contributed by atoms with Gasteiger partial charge in [0.15, 0.2) is 0 Å². The largest absolute Gasteiger partial charge is 0.358 e. The van der Waals surface area contributed by atoms with Crippen LogP contribution >= 0.6 is 0 Å². The van der Waals surface area contributed by atoms with Crippen LogP contribution in [-0.2, 0) is 9.47 Å². The number of hydrogen-bond donors (Lipinski definition) is 0. The zero-order valence-electron chi connectivity index (χ0n) is 6.85. The Labute approximate surface area is 64.7 Å². The van der Waals surface area contributed by atoms with Crippen molar-refractivity contribution in [3.63, 3.8) is 0 Å². The summed E-state index contributed by atoms with van der Waals surface area (Å²) in [5, 5.41) is 0. The Kier molecular flexibility index (Phi) is 2.89. The van der Waals surface area contributed by atoms with Crippen LogP contribution in [0.2, 0.25) is 6.55 Å². The molecule has 1 fully saturated rings. The summed E-state index contributed by atoms with van der Waals surface area (Å²) in [5.74, 6) is 0. The zero-order chi connectivity index (χ0) is 7.45. The molecule has 0 amide bonds. The van der Waals surface area contributed by atoms with E-state index < -0.39 is 0 Å². The number of hydrogen-bond acceptors (Lipinski definition) is 2. The van der Waals surface area contributed by atoms with Gasteiger partial charge < -0.3 is 9.47 Å². The van der Waals surface area contributed by atoms with Crippen molar-refractivity contribution in [3.05, 3.63) is 0 Å². The van der Waals surface area contributed by atoms with Gasteiger partial charge in [-0.1, -0.05) is 6.55 Å². The highest BCUT2D eigenvalue weighted by atomic mass is 28.2. The van der Waals surface area contributed by atoms with Gasteiger partial charge in [-0.15, -0.1) is 0 Å². The molecule has 2 nitrogen and oxygen atoms in total. The van der Waals surface area contributed by atoms with Gasteiger partial charge in [0.1, 0.15) is 5.41 Å². The van der Waals surface area contributed by atoms with Crippen LogP contribution in [0.4, 0.5) is 0 Å². The van der Waals surface area contributed by atoms with E-state index in [-0.39, 0.29) is 14.9 Å². The Balaban J connectivity index is 2.44. The van der Waals surface area contributed by atoms with Crippen molar-refractivity contribution in [3.8, 4) is 0 Å². The molecule has 1 unspecified atom stereocenters. The van der Waals surface area contributed by atoms with E-state index in [1.807, 2.05) is 0 Å². The molecule has 0 N–H and O–H groups in total. The molecule has 1 aliphatic heterocycles. The lowest BCUT2D eigenvalue weighted by molar-refractivity contribution is -0.184. The van der Waals surface area contributed by atoms with Crippen molar-refractivity contribution < 1.29 is 9.47 Å². The minimum absolute atomic E-state index is 0.0990. The second-order valence-electron chi connectivity index (χ2n) is 2.77. The Morgan fingerprint density at radius 3 is 2.60 bits per heavy atom. The zero-order valence-corrected chi connectivity index (χ0v) is 8.27. The van der Waals surface area contributed by atoms with Crippen molar-refractivity contribution in [2.75, 3.05) is 13.7 Å². The topological polar surface area (TPSA) is 18.5 Å². The molecule has 0 aromatic heterocycles. The highest BCUT2D eigenvalue weighted by molar-refractivity contribution is 6.37. The van der Waals surface area contributed by atoms with Crippen LogP contribution in [0.15, 0.2) is 0 Å². The van der Waals surface area contributed by atoms with Gasteiger partial charge in [-0.3, -0.25) is 0 Å². The van der Waals surface area contributed by atoms with Gasteiger partial charge in [-0.25, -0.2) is 0 Å². The molecule has 10 heavy (non-hydrogen) atoms. The van der Waals surface area contributed by atoms with Crippen LogP contribution in [0, 0.1) is 0 Å².